The summed E-state index contributed by atoms with van der Waals surface area (Å²) in [4.78, 5) is 26.0. The number of carbonyl (C=O) groups excluding carboxylic acids is 1. The molecule has 29 heavy (non-hydrogen) atoms. The summed E-state index contributed by atoms with van der Waals surface area (Å²) in [5.41, 5.74) is 3.80. The van der Waals surface area contributed by atoms with Crippen LogP contribution in [-0.2, 0) is 11.3 Å². The minimum Gasteiger partial charge on any atom is -0.324 e. The standard InChI is InChI=1S/C21H25ClN6O/c1-15-11-16(2)28-13-17(24-21(28)23-15)12-26-7-9-27(10-8-26)14-20(29)25-19-6-4-3-5-18(19)22/h3-6,11,13H,7-10,12,14H2,1-2H3,(H,25,29). The second kappa shape index (κ2) is 8.49. The number of rotatable bonds is 5. The molecule has 152 valence electrons. The van der Waals surface area contributed by atoms with Crippen LogP contribution in [0.3, 0.4) is 0 Å². The molecule has 3 aromatic rings. The molecule has 0 aliphatic carbocycles. The fourth-order valence-corrected chi connectivity index (χ4v) is 3.87. The van der Waals surface area contributed by atoms with Crippen LogP contribution in [0.5, 0.6) is 0 Å². The van der Waals surface area contributed by atoms with E-state index in [1.807, 2.05) is 29.5 Å². The predicted molar refractivity (Wildman–Crippen MR) is 114 cm³/mol. The van der Waals surface area contributed by atoms with Crippen molar-refractivity contribution < 1.29 is 4.79 Å². The Bertz CT molecular complexity index is 1030. The highest BCUT2D eigenvalue weighted by atomic mass is 35.5. The Morgan fingerprint density at radius 3 is 2.59 bits per heavy atom. The second-order valence-corrected chi connectivity index (χ2v) is 7.93. The summed E-state index contributed by atoms with van der Waals surface area (Å²) in [6, 6.07) is 9.35. The van der Waals surface area contributed by atoms with Crippen molar-refractivity contribution in [1.29, 1.82) is 0 Å². The molecule has 1 fully saturated rings. The van der Waals surface area contributed by atoms with E-state index in [9.17, 15) is 4.79 Å². The first-order chi connectivity index (χ1) is 14.0. The molecule has 2 aromatic heterocycles. The lowest BCUT2D eigenvalue weighted by Crippen LogP contribution is -2.48. The van der Waals surface area contributed by atoms with Crippen LogP contribution >= 0.6 is 11.6 Å². The number of aryl methyl sites for hydroxylation is 2. The molecule has 1 amide bonds. The van der Waals surface area contributed by atoms with Gasteiger partial charge in [0.05, 0.1) is 22.9 Å². The van der Waals surface area contributed by atoms with Crippen LogP contribution in [-0.4, -0.2) is 62.8 Å². The van der Waals surface area contributed by atoms with Crippen molar-refractivity contribution in [1.82, 2.24) is 24.2 Å². The summed E-state index contributed by atoms with van der Waals surface area (Å²) in [6.07, 6.45) is 2.07. The number of carbonyl (C=O) groups is 1. The average molecular weight is 413 g/mol. The Morgan fingerprint density at radius 1 is 1.10 bits per heavy atom. The van der Waals surface area contributed by atoms with Gasteiger partial charge in [-0.25, -0.2) is 9.97 Å². The van der Waals surface area contributed by atoms with Crippen LogP contribution < -0.4 is 5.32 Å². The van der Waals surface area contributed by atoms with E-state index in [0.29, 0.717) is 17.3 Å². The molecule has 0 radical (unpaired) electrons. The molecule has 7 nitrogen and oxygen atoms in total. The van der Waals surface area contributed by atoms with Gasteiger partial charge in [0.15, 0.2) is 0 Å². The van der Waals surface area contributed by atoms with Gasteiger partial charge in [-0.2, -0.15) is 0 Å². The molecule has 1 saturated heterocycles. The van der Waals surface area contributed by atoms with Gasteiger partial charge < -0.3 is 5.32 Å². The Kier molecular flexibility index (Phi) is 5.80. The van der Waals surface area contributed by atoms with Crippen LogP contribution in [0.2, 0.25) is 5.02 Å². The normalized spacial score (nSPS) is 15.7. The SMILES string of the molecule is Cc1cc(C)n2cc(CN3CCN(CC(=O)Nc4ccccc4Cl)CC3)nc2n1. The molecule has 1 N–H and O–H groups in total. The Balaban J connectivity index is 1.29. The topological polar surface area (TPSA) is 65.8 Å². The van der Waals surface area contributed by atoms with Crippen molar-refractivity contribution in [3.05, 3.63) is 58.6 Å². The molecular formula is C21H25ClN6O. The highest BCUT2D eigenvalue weighted by molar-refractivity contribution is 6.33. The summed E-state index contributed by atoms with van der Waals surface area (Å²) in [5.74, 6) is 0.719. The van der Waals surface area contributed by atoms with Crippen LogP contribution in [0.25, 0.3) is 5.78 Å². The molecule has 1 aliphatic heterocycles. The predicted octanol–water partition coefficient (Wildman–Crippen LogP) is 2.76. The lowest BCUT2D eigenvalue weighted by molar-refractivity contribution is -0.117. The molecule has 1 aromatic carbocycles. The molecule has 0 atom stereocenters. The van der Waals surface area contributed by atoms with E-state index in [1.54, 1.807) is 6.07 Å². The lowest BCUT2D eigenvalue weighted by Gasteiger charge is -2.33. The van der Waals surface area contributed by atoms with Crippen LogP contribution in [0.4, 0.5) is 5.69 Å². The van der Waals surface area contributed by atoms with Gasteiger partial charge in [0.1, 0.15) is 0 Å². The molecule has 0 unspecified atom stereocenters. The van der Waals surface area contributed by atoms with E-state index in [2.05, 4.69) is 44.3 Å². The van der Waals surface area contributed by atoms with Crippen LogP contribution in [0.15, 0.2) is 36.5 Å². The Morgan fingerprint density at radius 2 is 1.83 bits per heavy atom. The fourth-order valence-electron chi connectivity index (χ4n) is 3.68. The third-order valence-electron chi connectivity index (χ3n) is 5.18. The lowest BCUT2D eigenvalue weighted by atomic mass is 10.3. The molecular weight excluding hydrogens is 388 g/mol. The van der Waals surface area contributed by atoms with Crippen molar-refractivity contribution in [2.45, 2.75) is 20.4 Å². The van der Waals surface area contributed by atoms with Gasteiger partial charge >= 0.3 is 0 Å². The van der Waals surface area contributed by atoms with E-state index in [0.717, 1.165) is 55.6 Å². The van der Waals surface area contributed by atoms with E-state index in [1.165, 1.54) is 0 Å². The number of anilines is 1. The molecule has 0 saturated carbocycles. The quantitative estimate of drug-likeness (QED) is 0.698. The maximum Gasteiger partial charge on any atom is 0.238 e. The first kappa shape index (κ1) is 19.8. The minimum atomic E-state index is -0.0381. The molecule has 3 heterocycles. The number of aromatic nitrogens is 3. The second-order valence-electron chi connectivity index (χ2n) is 7.52. The molecule has 0 spiro atoms. The smallest absolute Gasteiger partial charge is 0.238 e. The maximum atomic E-state index is 12.3. The third-order valence-corrected chi connectivity index (χ3v) is 5.51. The van der Waals surface area contributed by atoms with Crippen molar-refractivity contribution in [2.75, 3.05) is 38.0 Å². The van der Waals surface area contributed by atoms with Crippen molar-refractivity contribution >= 4 is 29.0 Å². The number of hydrogen-bond acceptors (Lipinski definition) is 5. The Hall–Kier alpha value is -2.48. The number of para-hydroxylation sites is 1. The highest BCUT2D eigenvalue weighted by Crippen LogP contribution is 2.20. The van der Waals surface area contributed by atoms with Crippen molar-refractivity contribution in [2.24, 2.45) is 0 Å². The highest BCUT2D eigenvalue weighted by Gasteiger charge is 2.20. The number of benzene rings is 1. The number of fused-ring (bicyclic) bond motifs is 1. The number of nitrogens with zero attached hydrogens (tertiary/aromatic N) is 5. The summed E-state index contributed by atoms with van der Waals surface area (Å²) in [7, 11) is 0. The number of amides is 1. The maximum absolute atomic E-state index is 12.3. The van der Waals surface area contributed by atoms with E-state index >= 15 is 0 Å². The van der Waals surface area contributed by atoms with Crippen molar-refractivity contribution in [3.63, 3.8) is 0 Å². The Labute approximate surface area is 175 Å². The van der Waals surface area contributed by atoms with Gasteiger partial charge in [-0.3, -0.25) is 19.0 Å². The number of imidazole rings is 1. The zero-order chi connectivity index (χ0) is 20.4. The number of hydrogen-bond donors (Lipinski definition) is 1. The summed E-state index contributed by atoms with van der Waals surface area (Å²) in [5, 5.41) is 3.44. The number of piperazine rings is 1. The molecule has 1 aliphatic rings. The zero-order valence-electron chi connectivity index (χ0n) is 16.7. The summed E-state index contributed by atoms with van der Waals surface area (Å²) >= 11 is 6.11. The van der Waals surface area contributed by atoms with Gasteiger partial charge in [-0.1, -0.05) is 23.7 Å². The molecule has 4 rings (SSSR count). The van der Waals surface area contributed by atoms with E-state index < -0.39 is 0 Å². The summed E-state index contributed by atoms with van der Waals surface area (Å²) in [6.45, 7) is 8.72. The first-order valence-electron chi connectivity index (χ1n) is 9.79. The molecule has 0 bridgehead atoms. The van der Waals surface area contributed by atoms with Gasteiger partial charge in [0, 0.05) is 50.3 Å². The van der Waals surface area contributed by atoms with Crippen molar-refractivity contribution in [3.8, 4) is 0 Å². The fraction of sp³-hybridized carbons (Fsp3) is 0.381. The van der Waals surface area contributed by atoms with Gasteiger partial charge in [0.2, 0.25) is 11.7 Å². The van der Waals surface area contributed by atoms with Gasteiger partial charge in [0.25, 0.3) is 0 Å². The average Bonchev–Trinajstić information content (AvgIpc) is 3.08. The van der Waals surface area contributed by atoms with E-state index in [4.69, 9.17) is 11.6 Å². The van der Waals surface area contributed by atoms with Crippen LogP contribution in [0.1, 0.15) is 17.1 Å². The summed E-state index contributed by atoms with van der Waals surface area (Å²) < 4.78 is 2.04. The van der Waals surface area contributed by atoms with Gasteiger partial charge in [-0.15, -0.1) is 0 Å². The van der Waals surface area contributed by atoms with Crippen LogP contribution in [0, 0.1) is 13.8 Å². The zero-order valence-corrected chi connectivity index (χ0v) is 17.5. The largest absolute Gasteiger partial charge is 0.324 e. The third kappa shape index (κ3) is 4.75. The first-order valence-corrected chi connectivity index (χ1v) is 10.2. The van der Waals surface area contributed by atoms with E-state index in [-0.39, 0.29) is 5.91 Å². The monoisotopic (exact) mass is 412 g/mol. The number of nitrogens with one attached hydrogen (secondary N) is 1. The number of halogens is 1. The van der Waals surface area contributed by atoms with Gasteiger partial charge in [-0.05, 0) is 32.0 Å². The minimum absolute atomic E-state index is 0.0381. The molecule has 8 heteroatoms.